The predicted molar refractivity (Wildman–Crippen MR) is 125 cm³/mol. The summed E-state index contributed by atoms with van der Waals surface area (Å²) >= 11 is 0. The smallest absolute Gasteiger partial charge is 0.253 e. The molecular formula is C26H30N4O2. The summed E-state index contributed by atoms with van der Waals surface area (Å²) in [6.45, 7) is 7.77. The number of piperidine rings is 1. The number of amides is 1. The van der Waals surface area contributed by atoms with Crippen LogP contribution in [0.4, 0.5) is 0 Å². The van der Waals surface area contributed by atoms with Gasteiger partial charge >= 0.3 is 0 Å². The highest BCUT2D eigenvalue weighted by molar-refractivity contribution is 5.94. The predicted octanol–water partition coefficient (Wildman–Crippen LogP) is 4.86. The highest BCUT2D eigenvalue weighted by atomic mass is 16.5. The monoisotopic (exact) mass is 430 g/mol. The maximum Gasteiger partial charge on any atom is 0.253 e. The van der Waals surface area contributed by atoms with E-state index in [1.807, 2.05) is 47.5 Å². The maximum atomic E-state index is 13.2. The molecule has 1 fully saturated rings. The van der Waals surface area contributed by atoms with Crippen molar-refractivity contribution in [1.29, 1.82) is 0 Å². The molecule has 0 spiro atoms. The molecule has 0 radical (unpaired) electrons. The Labute approximate surface area is 189 Å². The first-order valence-electron chi connectivity index (χ1n) is 11.1. The number of benzene rings is 1. The fourth-order valence-corrected chi connectivity index (χ4v) is 4.12. The molecule has 0 N–H and O–H groups in total. The molecule has 0 aliphatic carbocycles. The van der Waals surface area contributed by atoms with Gasteiger partial charge < -0.3 is 9.64 Å². The second kappa shape index (κ2) is 9.07. The summed E-state index contributed by atoms with van der Waals surface area (Å²) in [5.74, 6) is 1.77. The average Bonchev–Trinajstić information content (AvgIpc) is 2.83. The van der Waals surface area contributed by atoms with Gasteiger partial charge in [-0.15, -0.1) is 0 Å². The van der Waals surface area contributed by atoms with Gasteiger partial charge in [-0.1, -0.05) is 20.8 Å². The van der Waals surface area contributed by atoms with Gasteiger partial charge in [0.2, 0.25) is 0 Å². The van der Waals surface area contributed by atoms with Gasteiger partial charge in [-0.3, -0.25) is 9.78 Å². The third-order valence-electron chi connectivity index (χ3n) is 5.91. The number of nitrogens with zero attached hydrogens (tertiary/aromatic N) is 4. The van der Waals surface area contributed by atoms with Crippen molar-refractivity contribution in [3.05, 3.63) is 72.1 Å². The lowest BCUT2D eigenvalue weighted by atomic mass is 9.88. The zero-order valence-electron chi connectivity index (χ0n) is 19.2. The summed E-state index contributed by atoms with van der Waals surface area (Å²) in [7, 11) is 1.63. The number of ether oxygens (including phenoxy) is 1. The van der Waals surface area contributed by atoms with E-state index >= 15 is 0 Å². The van der Waals surface area contributed by atoms with Crippen molar-refractivity contribution in [3.8, 4) is 16.9 Å². The number of pyridine rings is 1. The molecule has 4 rings (SSSR count). The SMILES string of the molecule is COc1ccc(C(=O)N2CCCC(c3nc(C(C)(C)C)ncc3-c3ccncc3)C2)cc1. The molecule has 6 heteroatoms. The van der Waals surface area contributed by atoms with Crippen molar-refractivity contribution in [2.24, 2.45) is 0 Å². The van der Waals surface area contributed by atoms with E-state index in [4.69, 9.17) is 9.72 Å². The third-order valence-corrected chi connectivity index (χ3v) is 5.91. The average molecular weight is 431 g/mol. The van der Waals surface area contributed by atoms with Crippen molar-refractivity contribution in [3.63, 3.8) is 0 Å². The van der Waals surface area contributed by atoms with Crippen LogP contribution in [0.1, 0.15) is 61.4 Å². The Morgan fingerprint density at radius 1 is 1.09 bits per heavy atom. The highest BCUT2D eigenvalue weighted by Crippen LogP contribution is 2.34. The van der Waals surface area contributed by atoms with Gasteiger partial charge in [0.1, 0.15) is 11.6 Å². The van der Waals surface area contributed by atoms with E-state index in [1.54, 1.807) is 19.5 Å². The first kappa shape index (κ1) is 21.9. The molecule has 1 saturated heterocycles. The van der Waals surface area contributed by atoms with E-state index in [9.17, 15) is 4.79 Å². The number of likely N-dealkylation sites (tertiary alicyclic amines) is 1. The lowest BCUT2D eigenvalue weighted by Crippen LogP contribution is -2.39. The van der Waals surface area contributed by atoms with Crippen molar-refractivity contribution in [2.45, 2.75) is 44.9 Å². The van der Waals surface area contributed by atoms with Crippen molar-refractivity contribution in [1.82, 2.24) is 19.9 Å². The van der Waals surface area contributed by atoms with E-state index in [0.29, 0.717) is 12.1 Å². The molecular weight excluding hydrogens is 400 g/mol. The van der Waals surface area contributed by atoms with Crippen LogP contribution in [-0.4, -0.2) is 46.0 Å². The molecule has 1 amide bonds. The Bertz CT molecular complexity index is 1080. The molecule has 0 saturated carbocycles. The van der Waals surface area contributed by atoms with Gasteiger partial charge in [-0.25, -0.2) is 9.97 Å². The fraction of sp³-hybridized carbons (Fsp3) is 0.385. The fourth-order valence-electron chi connectivity index (χ4n) is 4.12. The third kappa shape index (κ3) is 4.64. The first-order valence-corrected chi connectivity index (χ1v) is 11.1. The molecule has 2 aromatic heterocycles. The van der Waals surface area contributed by atoms with Crippen LogP contribution in [0.3, 0.4) is 0 Å². The quantitative estimate of drug-likeness (QED) is 0.591. The minimum Gasteiger partial charge on any atom is -0.497 e. The topological polar surface area (TPSA) is 68.2 Å². The summed E-state index contributed by atoms with van der Waals surface area (Å²) in [6, 6.07) is 11.3. The zero-order valence-corrected chi connectivity index (χ0v) is 19.2. The number of methoxy groups -OCH3 is 1. The summed E-state index contributed by atoms with van der Waals surface area (Å²) in [4.78, 5) is 29.0. The van der Waals surface area contributed by atoms with Crippen molar-refractivity contribution in [2.75, 3.05) is 20.2 Å². The molecule has 1 unspecified atom stereocenters. The summed E-state index contributed by atoms with van der Waals surface area (Å²) in [6.07, 6.45) is 7.44. The van der Waals surface area contributed by atoms with Crippen LogP contribution in [0.25, 0.3) is 11.1 Å². The minimum atomic E-state index is -0.154. The normalized spacial score (nSPS) is 16.6. The molecule has 6 nitrogen and oxygen atoms in total. The first-order chi connectivity index (χ1) is 15.4. The lowest BCUT2D eigenvalue weighted by Gasteiger charge is -2.34. The minimum absolute atomic E-state index is 0.0490. The number of carbonyl (C=O) groups is 1. The molecule has 3 aromatic rings. The van der Waals surface area contributed by atoms with Gasteiger partial charge in [-0.05, 0) is 54.8 Å². The van der Waals surface area contributed by atoms with Crippen LogP contribution in [0.2, 0.25) is 0 Å². The molecule has 3 heterocycles. The van der Waals surface area contributed by atoms with Crippen LogP contribution in [0.15, 0.2) is 55.0 Å². The number of hydrogen-bond acceptors (Lipinski definition) is 5. The van der Waals surface area contributed by atoms with Crippen molar-refractivity contribution >= 4 is 5.91 Å². The van der Waals surface area contributed by atoms with Gasteiger partial charge in [0.15, 0.2) is 0 Å². The van der Waals surface area contributed by atoms with Crippen molar-refractivity contribution < 1.29 is 9.53 Å². The molecule has 1 aliphatic rings. The largest absolute Gasteiger partial charge is 0.497 e. The molecule has 166 valence electrons. The molecule has 1 atom stereocenters. The molecule has 32 heavy (non-hydrogen) atoms. The summed E-state index contributed by atoms with van der Waals surface area (Å²) < 4.78 is 5.22. The second-order valence-corrected chi connectivity index (χ2v) is 9.30. The van der Waals surface area contributed by atoms with E-state index in [1.165, 1.54) is 0 Å². The Balaban J connectivity index is 1.66. The Morgan fingerprint density at radius 3 is 2.47 bits per heavy atom. The van der Waals surface area contributed by atoms with Crippen LogP contribution in [0.5, 0.6) is 5.75 Å². The van der Waals surface area contributed by atoms with Gasteiger partial charge in [0.05, 0.1) is 12.8 Å². The van der Waals surface area contributed by atoms with Gasteiger partial charge in [0, 0.05) is 54.1 Å². The number of rotatable bonds is 4. The van der Waals surface area contributed by atoms with E-state index in [0.717, 1.165) is 47.8 Å². The number of aromatic nitrogens is 3. The van der Waals surface area contributed by atoms with Crippen LogP contribution >= 0.6 is 0 Å². The molecule has 1 aliphatic heterocycles. The summed E-state index contributed by atoms with van der Waals surface area (Å²) in [5, 5.41) is 0. The van der Waals surface area contributed by atoms with E-state index in [2.05, 4.69) is 30.7 Å². The van der Waals surface area contributed by atoms with Crippen LogP contribution < -0.4 is 4.74 Å². The van der Waals surface area contributed by atoms with Crippen LogP contribution in [0, 0.1) is 0 Å². The van der Waals surface area contributed by atoms with Gasteiger partial charge in [-0.2, -0.15) is 0 Å². The van der Waals surface area contributed by atoms with Gasteiger partial charge in [0.25, 0.3) is 5.91 Å². The second-order valence-electron chi connectivity index (χ2n) is 9.30. The molecule has 1 aromatic carbocycles. The number of hydrogen-bond donors (Lipinski definition) is 0. The Morgan fingerprint density at radius 2 is 1.81 bits per heavy atom. The Hall–Kier alpha value is -3.28. The summed E-state index contributed by atoms with van der Waals surface area (Å²) in [5.41, 5.74) is 3.61. The maximum absolute atomic E-state index is 13.2. The zero-order chi connectivity index (χ0) is 22.7. The highest BCUT2D eigenvalue weighted by Gasteiger charge is 2.30. The number of carbonyl (C=O) groups excluding carboxylic acids is 1. The van der Waals surface area contributed by atoms with Crippen LogP contribution in [-0.2, 0) is 5.41 Å². The lowest BCUT2D eigenvalue weighted by molar-refractivity contribution is 0.0706. The molecule has 0 bridgehead atoms. The standard InChI is InChI=1S/C26H30N4O2/c1-26(2,3)25-28-16-22(18-11-13-27-14-12-18)23(29-25)20-6-5-15-30(17-20)24(31)19-7-9-21(32-4)10-8-19/h7-14,16,20H,5-6,15,17H2,1-4H3. The Kier molecular flexibility index (Phi) is 6.21. The van der Waals surface area contributed by atoms with E-state index < -0.39 is 0 Å². The van der Waals surface area contributed by atoms with E-state index in [-0.39, 0.29) is 17.2 Å².